The second-order valence-corrected chi connectivity index (χ2v) is 8.02. The average molecular weight is 423 g/mol. The number of furan rings is 1. The number of hydrogen-bond donors (Lipinski definition) is 3. The second-order valence-electron chi connectivity index (χ2n) is 6.20. The Kier molecular flexibility index (Phi) is 5.17. The summed E-state index contributed by atoms with van der Waals surface area (Å²) < 4.78 is 30.9. The zero-order valence-corrected chi connectivity index (χ0v) is 16.6. The lowest BCUT2D eigenvalue weighted by Crippen LogP contribution is -2.18. The highest BCUT2D eigenvalue weighted by Crippen LogP contribution is 2.27. The number of hydrogen-bond acceptors (Lipinski definition) is 6. The molecule has 0 aliphatic heterocycles. The summed E-state index contributed by atoms with van der Waals surface area (Å²) in [4.78, 5) is 17.1. The maximum Gasteiger partial charge on any atom is 0.291 e. The molecule has 0 radical (unpaired) electrons. The molecule has 152 valence electrons. The Morgan fingerprint density at radius 2 is 1.73 bits per heavy atom. The van der Waals surface area contributed by atoms with Crippen molar-refractivity contribution in [3.63, 3.8) is 0 Å². The molecular formula is C20H17N5O4S. The van der Waals surface area contributed by atoms with E-state index in [0.717, 1.165) is 5.56 Å². The van der Waals surface area contributed by atoms with Crippen LogP contribution in [0, 0.1) is 0 Å². The molecule has 9 nitrogen and oxygen atoms in total. The standard InChI is InChI=1S/C20H17N5O4S/c1-21-30(27,28)17-12-11-16(29-17)20(26)22-15-10-6-5-9-14(15)19-23-18(24-25-19)13-7-3-2-4-8-13/h2-12,21H,1H3,(H,22,26)(H,23,24,25). The summed E-state index contributed by atoms with van der Waals surface area (Å²) in [7, 11) is -2.52. The third kappa shape index (κ3) is 3.86. The Morgan fingerprint density at radius 3 is 2.50 bits per heavy atom. The lowest BCUT2D eigenvalue weighted by Gasteiger charge is -2.08. The van der Waals surface area contributed by atoms with E-state index in [-0.39, 0.29) is 10.9 Å². The summed E-state index contributed by atoms with van der Waals surface area (Å²) >= 11 is 0. The second kappa shape index (κ2) is 7.93. The quantitative estimate of drug-likeness (QED) is 0.437. The number of benzene rings is 2. The van der Waals surface area contributed by atoms with Crippen LogP contribution in [-0.4, -0.2) is 36.6 Å². The number of para-hydroxylation sites is 1. The molecule has 1 amide bonds. The summed E-state index contributed by atoms with van der Waals surface area (Å²) in [6.07, 6.45) is 0. The van der Waals surface area contributed by atoms with Crippen LogP contribution in [-0.2, 0) is 10.0 Å². The molecule has 2 aromatic carbocycles. The van der Waals surface area contributed by atoms with Gasteiger partial charge >= 0.3 is 0 Å². The van der Waals surface area contributed by atoms with Crippen molar-refractivity contribution in [3.05, 3.63) is 72.5 Å². The van der Waals surface area contributed by atoms with Crippen LogP contribution in [0.1, 0.15) is 10.6 Å². The summed E-state index contributed by atoms with van der Waals surface area (Å²) in [5.41, 5.74) is 1.94. The van der Waals surface area contributed by atoms with Gasteiger partial charge in [-0.2, -0.15) is 5.10 Å². The van der Waals surface area contributed by atoms with Crippen LogP contribution in [0.2, 0.25) is 0 Å². The van der Waals surface area contributed by atoms with Crippen LogP contribution in [0.5, 0.6) is 0 Å². The maximum absolute atomic E-state index is 12.6. The summed E-state index contributed by atoms with van der Waals surface area (Å²) in [6, 6.07) is 19.0. The van der Waals surface area contributed by atoms with Crippen molar-refractivity contribution >= 4 is 21.6 Å². The first-order valence-corrected chi connectivity index (χ1v) is 10.4. The lowest BCUT2D eigenvalue weighted by molar-refractivity contribution is 0.0991. The molecule has 0 unspecified atom stereocenters. The number of aromatic nitrogens is 3. The fourth-order valence-electron chi connectivity index (χ4n) is 2.77. The van der Waals surface area contributed by atoms with E-state index >= 15 is 0 Å². The summed E-state index contributed by atoms with van der Waals surface area (Å²) in [5, 5.41) is 9.50. The van der Waals surface area contributed by atoms with Crippen molar-refractivity contribution in [1.29, 1.82) is 0 Å². The van der Waals surface area contributed by atoms with Crippen molar-refractivity contribution in [2.45, 2.75) is 5.09 Å². The van der Waals surface area contributed by atoms with Gasteiger partial charge in [0, 0.05) is 11.1 Å². The Bertz CT molecular complexity index is 1300. The lowest BCUT2D eigenvalue weighted by atomic mass is 10.1. The zero-order chi connectivity index (χ0) is 21.1. The van der Waals surface area contributed by atoms with Gasteiger partial charge in [-0.15, -0.1) is 0 Å². The fraction of sp³-hybridized carbons (Fsp3) is 0.0500. The number of sulfonamides is 1. The molecule has 4 rings (SSSR count). The molecule has 0 atom stereocenters. The zero-order valence-electron chi connectivity index (χ0n) is 15.8. The van der Waals surface area contributed by atoms with Gasteiger partial charge in [0.05, 0.1) is 5.69 Å². The highest BCUT2D eigenvalue weighted by molar-refractivity contribution is 7.89. The van der Waals surface area contributed by atoms with Crippen LogP contribution < -0.4 is 10.0 Å². The summed E-state index contributed by atoms with van der Waals surface area (Å²) in [6.45, 7) is 0. The van der Waals surface area contributed by atoms with Gasteiger partial charge in [0.25, 0.3) is 15.9 Å². The summed E-state index contributed by atoms with van der Waals surface area (Å²) in [5.74, 6) is 0.270. The number of aromatic amines is 1. The number of amides is 1. The molecule has 0 aliphatic rings. The minimum atomic E-state index is -3.78. The van der Waals surface area contributed by atoms with Crippen LogP contribution in [0.4, 0.5) is 5.69 Å². The first-order chi connectivity index (χ1) is 14.5. The van der Waals surface area contributed by atoms with Gasteiger partial charge in [-0.25, -0.2) is 18.1 Å². The highest BCUT2D eigenvalue weighted by Gasteiger charge is 2.20. The molecule has 3 N–H and O–H groups in total. The van der Waals surface area contributed by atoms with Crippen molar-refractivity contribution in [3.8, 4) is 22.8 Å². The predicted molar refractivity (Wildman–Crippen MR) is 110 cm³/mol. The molecule has 0 spiro atoms. The van der Waals surface area contributed by atoms with Crippen molar-refractivity contribution in [2.24, 2.45) is 0 Å². The van der Waals surface area contributed by atoms with E-state index < -0.39 is 15.9 Å². The van der Waals surface area contributed by atoms with E-state index in [2.05, 4.69) is 25.2 Å². The van der Waals surface area contributed by atoms with Crippen LogP contribution in [0.3, 0.4) is 0 Å². The van der Waals surface area contributed by atoms with E-state index in [0.29, 0.717) is 22.9 Å². The van der Waals surface area contributed by atoms with Gasteiger partial charge in [-0.3, -0.25) is 9.89 Å². The molecule has 30 heavy (non-hydrogen) atoms. The van der Waals surface area contributed by atoms with Gasteiger partial charge in [0.2, 0.25) is 5.09 Å². The maximum atomic E-state index is 12.6. The molecule has 0 saturated heterocycles. The molecule has 2 heterocycles. The molecular weight excluding hydrogens is 406 g/mol. The topological polar surface area (TPSA) is 130 Å². The molecule has 4 aromatic rings. The van der Waals surface area contributed by atoms with Crippen molar-refractivity contribution < 1.29 is 17.6 Å². The van der Waals surface area contributed by atoms with Gasteiger partial charge in [0.15, 0.2) is 17.4 Å². The fourth-order valence-corrected chi connectivity index (χ4v) is 3.42. The largest absolute Gasteiger partial charge is 0.438 e. The smallest absolute Gasteiger partial charge is 0.291 e. The molecule has 10 heteroatoms. The first kappa shape index (κ1) is 19.6. The molecule has 0 aliphatic carbocycles. The number of carbonyl (C=O) groups excluding carboxylic acids is 1. The first-order valence-electron chi connectivity index (χ1n) is 8.90. The van der Waals surface area contributed by atoms with Gasteiger partial charge in [-0.05, 0) is 31.3 Å². The number of rotatable bonds is 6. The minimum Gasteiger partial charge on any atom is -0.438 e. The van der Waals surface area contributed by atoms with E-state index in [1.165, 1.54) is 19.2 Å². The number of anilines is 1. The van der Waals surface area contributed by atoms with E-state index in [4.69, 9.17) is 4.42 Å². The van der Waals surface area contributed by atoms with Crippen molar-refractivity contribution in [2.75, 3.05) is 12.4 Å². The van der Waals surface area contributed by atoms with E-state index in [1.807, 2.05) is 30.3 Å². The Morgan fingerprint density at radius 1 is 1.00 bits per heavy atom. The number of H-pyrrole nitrogens is 1. The average Bonchev–Trinajstić information content (AvgIpc) is 3.45. The molecule has 0 saturated carbocycles. The molecule has 2 aromatic heterocycles. The van der Waals surface area contributed by atoms with Crippen LogP contribution >= 0.6 is 0 Å². The molecule has 0 bridgehead atoms. The number of carbonyl (C=O) groups is 1. The highest BCUT2D eigenvalue weighted by atomic mass is 32.2. The predicted octanol–water partition coefficient (Wildman–Crippen LogP) is 2.89. The van der Waals surface area contributed by atoms with Gasteiger partial charge in [0.1, 0.15) is 0 Å². The van der Waals surface area contributed by atoms with Gasteiger partial charge < -0.3 is 9.73 Å². The molecule has 0 fully saturated rings. The van der Waals surface area contributed by atoms with E-state index in [1.54, 1.807) is 24.3 Å². The van der Waals surface area contributed by atoms with Crippen LogP contribution in [0.15, 0.2) is 76.2 Å². The van der Waals surface area contributed by atoms with E-state index in [9.17, 15) is 13.2 Å². The van der Waals surface area contributed by atoms with Crippen LogP contribution in [0.25, 0.3) is 22.8 Å². The Balaban J connectivity index is 1.60. The third-order valence-corrected chi connectivity index (χ3v) is 5.57. The van der Waals surface area contributed by atoms with Crippen molar-refractivity contribution in [1.82, 2.24) is 19.9 Å². The third-order valence-electron chi connectivity index (χ3n) is 4.29. The normalized spacial score (nSPS) is 11.4. The SMILES string of the molecule is CNS(=O)(=O)c1ccc(C(=O)Nc2ccccc2-c2nc(-c3ccccc3)n[nH]2)o1. The number of nitrogens with one attached hydrogen (secondary N) is 3. The number of nitrogens with zero attached hydrogens (tertiary/aromatic N) is 2. The Labute approximate surface area is 172 Å². The van der Waals surface area contributed by atoms with Gasteiger partial charge in [-0.1, -0.05) is 42.5 Å². The monoisotopic (exact) mass is 423 g/mol. The minimum absolute atomic E-state index is 0.138. The Hall–Kier alpha value is -3.76.